The van der Waals surface area contributed by atoms with Crippen LogP contribution in [0.4, 0.5) is 16.3 Å². The van der Waals surface area contributed by atoms with Crippen LogP contribution in [0.1, 0.15) is 12.1 Å². The molecular weight excluding hydrogens is 402 g/mol. The predicted octanol–water partition coefficient (Wildman–Crippen LogP) is 3.47. The zero-order valence-electron chi connectivity index (χ0n) is 13.5. The normalized spacial score (nSPS) is 15.5. The lowest BCUT2D eigenvalue weighted by molar-refractivity contribution is 0.262. The third-order valence-corrected chi connectivity index (χ3v) is 3.80. The molecule has 2 amide bonds. The van der Waals surface area contributed by atoms with Crippen molar-refractivity contribution in [2.45, 2.75) is 6.42 Å². The topological polar surface area (TPSA) is 109 Å². The highest BCUT2D eigenvalue weighted by Crippen LogP contribution is 2.28. The van der Waals surface area contributed by atoms with E-state index in [9.17, 15) is 4.79 Å². The van der Waals surface area contributed by atoms with Crippen LogP contribution in [0.15, 0.2) is 41.0 Å². The van der Waals surface area contributed by atoms with Crippen LogP contribution in [0.25, 0.3) is 0 Å². The lowest BCUT2D eigenvalue weighted by Gasteiger charge is -2.13. The molecule has 3 rings (SSSR count). The van der Waals surface area contributed by atoms with Crippen molar-refractivity contribution in [1.29, 1.82) is 5.26 Å². The molecule has 0 radical (unpaired) electrons. The second-order valence-corrected chi connectivity index (χ2v) is 6.08. The molecule has 0 saturated heterocycles. The molecule has 2 N–H and O–H groups in total. The molecule has 26 heavy (non-hydrogen) atoms. The summed E-state index contributed by atoms with van der Waals surface area (Å²) in [4.78, 5) is 20.4. The number of carbonyl (C=O) groups excluding carboxylic acids is 1. The Bertz CT molecular complexity index is 894. The van der Waals surface area contributed by atoms with Crippen molar-refractivity contribution in [3.8, 4) is 17.7 Å². The van der Waals surface area contributed by atoms with E-state index in [0.717, 1.165) is 4.47 Å². The highest BCUT2D eigenvalue weighted by atomic mass is 79.9. The lowest BCUT2D eigenvalue weighted by atomic mass is 10.3. The predicted molar refractivity (Wildman–Crippen MR) is 98.3 cm³/mol. The monoisotopic (exact) mass is 415 g/mol. The van der Waals surface area contributed by atoms with Gasteiger partial charge in [-0.15, -0.1) is 0 Å². The Morgan fingerprint density at radius 3 is 2.96 bits per heavy atom. The number of anilines is 2. The summed E-state index contributed by atoms with van der Waals surface area (Å²) in [6.45, 7) is 0.661. The van der Waals surface area contributed by atoms with E-state index in [2.05, 4.69) is 36.5 Å². The fourth-order valence-electron chi connectivity index (χ4n) is 2.15. The molecule has 2 heterocycles. The summed E-state index contributed by atoms with van der Waals surface area (Å²) in [5.41, 5.74) is 0.556. The third-order valence-electron chi connectivity index (χ3n) is 3.30. The van der Waals surface area contributed by atoms with E-state index in [0.29, 0.717) is 31.1 Å². The Morgan fingerprint density at radius 2 is 2.12 bits per heavy atom. The Morgan fingerprint density at radius 1 is 1.23 bits per heavy atom. The maximum absolute atomic E-state index is 12.3. The maximum Gasteiger partial charge on any atom is 0.325 e. The Kier molecular flexibility index (Phi) is 5.66. The van der Waals surface area contributed by atoms with Crippen molar-refractivity contribution in [3.05, 3.63) is 46.7 Å². The summed E-state index contributed by atoms with van der Waals surface area (Å²) in [7, 11) is 0. The van der Waals surface area contributed by atoms with Crippen LogP contribution in [0.5, 0.6) is 11.6 Å². The van der Waals surface area contributed by atoms with Gasteiger partial charge in [-0.25, -0.2) is 9.78 Å². The molecule has 0 aliphatic carbocycles. The number of fused-ring (bicyclic) bond motifs is 3. The third kappa shape index (κ3) is 4.49. The van der Waals surface area contributed by atoms with Crippen molar-refractivity contribution in [2.75, 3.05) is 23.8 Å². The van der Waals surface area contributed by atoms with Gasteiger partial charge in [0.2, 0.25) is 5.69 Å². The first-order valence-corrected chi connectivity index (χ1v) is 8.50. The Hall–Kier alpha value is -3.12. The van der Waals surface area contributed by atoms with E-state index in [-0.39, 0.29) is 17.4 Å². The van der Waals surface area contributed by atoms with Gasteiger partial charge >= 0.3 is 6.03 Å². The van der Waals surface area contributed by atoms with Crippen molar-refractivity contribution in [1.82, 2.24) is 9.97 Å². The van der Waals surface area contributed by atoms with E-state index >= 15 is 0 Å². The van der Waals surface area contributed by atoms with Gasteiger partial charge in [0.1, 0.15) is 18.4 Å². The number of carbonyl (C=O) groups is 1. The maximum atomic E-state index is 12.3. The van der Waals surface area contributed by atoms with Crippen molar-refractivity contribution in [3.63, 3.8) is 0 Å². The highest BCUT2D eigenvalue weighted by Gasteiger charge is 2.13. The minimum atomic E-state index is -0.525. The molecule has 0 fully saturated rings. The van der Waals surface area contributed by atoms with Gasteiger partial charge in [-0.05, 0) is 24.6 Å². The number of amides is 2. The van der Waals surface area contributed by atoms with E-state index in [4.69, 9.17) is 14.7 Å². The van der Waals surface area contributed by atoms with Crippen LogP contribution in [-0.4, -0.2) is 29.2 Å². The number of nitriles is 1. The van der Waals surface area contributed by atoms with Crippen LogP contribution in [-0.2, 0) is 0 Å². The van der Waals surface area contributed by atoms with E-state index < -0.39 is 6.03 Å². The number of rotatable bonds is 0. The number of nitrogens with one attached hydrogen (secondary N) is 2. The summed E-state index contributed by atoms with van der Waals surface area (Å²) in [5, 5.41) is 14.4. The molecule has 2 bridgehead atoms. The zero-order valence-corrected chi connectivity index (χ0v) is 15.1. The largest absolute Gasteiger partial charge is 0.487 e. The summed E-state index contributed by atoms with van der Waals surface area (Å²) >= 11 is 3.37. The first-order chi connectivity index (χ1) is 12.7. The Balaban J connectivity index is 1.90. The summed E-state index contributed by atoms with van der Waals surface area (Å²) < 4.78 is 12.0. The fourth-order valence-corrected chi connectivity index (χ4v) is 2.51. The van der Waals surface area contributed by atoms with Gasteiger partial charge in [0.25, 0.3) is 5.88 Å². The number of benzene rings is 1. The van der Waals surface area contributed by atoms with E-state index in [1.54, 1.807) is 12.1 Å². The quantitative estimate of drug-likeness (QED) is 0.637. The zero-order chi connectivity index (χ0) is 18.4. The average Bonchev–Trinajstić information content (AvgIpc) is 2.62. The molecule has 0 spiro atoms. The van der Waals surface area contributed by atoms with Gasteiger partial charge < -0.3 is 14.8 Å². The second-order valence-electron chi connectivity index (χ2n) is 5.16. The van der Waals surface area contributed by atoms with Gasteiger partial charge in [0.05, 0.1) is 18.5 Å². The Labute approximate surface area is 158 Å². The van der Waals surface area contributed by atoms with Crippen LogP contribution < -0.4 is 20.1 Å². The van der Waals surface area contributed by atoms with Crippen LogP contribution in [0.2, 0.25) is 0 Å². The van der Waals surface area contributed by atoms with E-state index in [1.165, 1.54) is 6.20 Å². The lowest BCUT2D eigenvalue weighted by Crippen LogP contribution is -2.21. The molecular formula is C17H14BrN5O3. The van der Waals surface area contributed by atoms with Crippen LogP contribution in [0, 0.1) is 11.3 Å². The number of ether oxygens (including phenoxy) is 2. The molecule has 0 unspecified atom stereocenters. The van der Waals surface area contributed by atoms with E-state index in [1.807, 2.05) is 24.3 Å². The van der Waals surface area contributed by atoms with Crippen LogP contribution >= 0.6 is 15.9 Å². The fraction of sp³-hybridized carbons (Fsp3) is 0.176. The minimum Gasteiger partial charge on any atom is -0.487 e. The highest BCUT2D eigenvalue weighted by molar-refractivity contribution is 9.10. The van der Waals surface area contributed by atoms with Crippen LogP contribution in [0.3, 0.4) is 0 Å². The molecule has 0 atom stereocenters. The second kappa shape index (κ2) is 8.31. The number of urea groups is 1. The minimum absolute atomic E-state index is 0.0573. The van der Waals surface area contributed by atoms with Gasteiger partial charge in [0, 0.05) is 4.47 Å². The van der Waals surface area contributed by atoms with Crippen molar-refractivity contribution in [2.24, 2.45) is 0 Å². The molecule has 1 aromatic heterocycles. The number of hydrogen-bond acceptors (Lipinski definition) is 6. The number of hydrogen-bond donors (Lipinski definition) is 2. The van der Waals surface area contributed by atoms with Gasteiger partial charge in [-0.2, -0.15) is 10.2 Å². The molecule has 2 aromatic rings. The van der Waals surface area contributed by atoms with Crippen molar-refractivity contribution >= 4 is 33.5 Å². The average molecular weight is 416 g/mol. The number of aromatic nitrogens is 2. The molecule has 1 aliphatic rings. The molecule has 9 heteroatoms. The number of halogens is 1. The molecule has 1 aliphatic heterocycles. The standard InChI is InChI=1S/C17H14BrN5O3/c18-11-4-5-14-12(8-11)21-17(24)23-15-10-20-13(9-19)16(22-15)26-7-3-1-2-6-25-14/h1-2,4-5,8,10H,3,6-7H2,(H2,21,22,23,24)/b2-1-. The molecule has 132 valence electrons. The smallest absolute Gasteiger partial charge is 0.325 e. The van der Waals surface area contributed by atoms with Gasteiger partial charge in [-0.1, -0.05) is 28.1 Å². The first kappa shape index (κ1) is 17.7. The molecule has 0 saturated carbocycles. The van der Waals surface area contributed by atoms with Gasteiger partial charge in [0.15, 0.2) is 5.82 Å². The van der Waals surface area contributed by atoms with Gasteiger partial charge in [-0.3, -0.25) is 5.32 Å². The van der Waals surface area contributed by atoms with Crippen molar-refractivity contribution < 1.29 is 14.3 Å². The summed E-state index contributed by atoms with van der Waals surface area (Å²) in [6.07, 6.45) is 5.65. The molecule has 1 aromatic carbocycles. The number of nitrogens with zero attached hydrogens (tertiary/aromatic N) is 3. The molecule has 8 nitrogen and oxygen atoms in total. The summed E-state index contributed by atoms with van der Waals surface area (Å²) in [6, 6.07) is 6.70. The SMILES string of the molecule is N#Cc1ncc2nc1OCC/C=C\COc1ccc(Br)cc1NC(=O)N2. The summed E-state index contributed by atoms with van der Waals surface area (Å²) in [5.74, 6) is 0.776. The first-order valence-electron chi connectivity index (χ1n) is 7.71.